The molecule has 0 atom stereocenters. The van der Waals surface area contributed by atoms with Gasteiger partial charge < -0.3 is 5.32 Å². The lowest BCUT2D eigenvalue weighted by Gasteiger charge is -2.22. The van der Waals surface area contributed by atoms with Crippen molar-refractivity contribution in [3.63, 3.8) is 0 Å². The highest BCUT2D eigenvalue weighted by Crippen LogP contribution is 2.19. The summed E-state index contributed by atoms with van der Waals surface area (Å²) in [5.74, 6) is -0.393. The van der Waals surface area contributed by atoms with Crippen LogP contribution in [-0.2, 0) is 27.9 Å². The minimum Gasteiger partial charge on any atom is -0.349 e. The van der Waals surface area contributed by atoms with Crippen LogP contribution in [0.25, 0.3) is 10.8 Å². The lowest BCUT2D eigenvalue weighted by molar-refractivity contribution is -0.121. The van der Waals surface area contributed by atoms with Gasteiger partial charge in [0.15, 0.2) is 0 Å². The molecule has 7 heteroatoms. The van der Waals surface area contributed by atoms with E-state index in [-0.39, 0.29) is 24.5 Å². The van der Waals surface area contributed by atoms with Gasteiger partial charge in [0.25, 0.3) is 0 Å². The number of carbonyl (C=O) groups is 1. The van der Waals surface area contributed by atoms with E-state index in [9.17, 15) is 13.2 Å². The highest BCUT2D eigenvalue weighted by molar-refractivity contribution is 7.89. The van der Waals surface area contributed by atoms with Gasteiger partial charge in [0, 0.05) is 18.1 Å². The summed E-state index contributed by atoms with van der Waals surface area (Å²) < 4.78 is 27.7. The van der Waals surface area contributed by atoms with Crippen LogP contribution in [0.15, 0.2) is 102 Å². The summed E-state index contributed by atoms with van der Waals surface area (Å²) in [5.41, 5.74) is 1.53. The lowest BCUT2D eigenvalue weighted by Crippen LogP contribution is -2.40. The number of aromatic nitrogens is 1. The van der Waals surface area contributed by atoms with Crippen molar-refractivity contribution in [3.8, 4) is 0 Å². The highest BCUT2D eigenvalue weighted by atomic mass is 32.2. The molecule has 0 radical (unpaired) electrons. The van der Waals surface area contributed by atoms with Crippen LogP contribution in [0.2, 0.25) is 0 Å². The van der Waals surface area contributed by atoms with Gasteiger partial charge in [-0.3, -0.25) is 9.78 Å². The van der Waals surface area contributed by atoms with Crippen molar-refractivity contribution in [1.82, 2.24) is 14.6 Å². The third-order valence-corrected chi connectivity index (χ3v) is 6.92. The number of fused-ring (bicyclic) bond motifs is 1. The Morgan fingerprint density at radius 1 is 0.844 bits per heavy atom. The summed E-state index contributed by atoms with van der Waals surface area (Å²) in [6.45, 7) is 0.0135. The van der Waals surface area contributed by atoms with E-state index >= 15 is 0 Å². The molecule has 0 fully saturated rings. The number of benzene rings is 3. The predicted molar refractivity (Wildman–Crippen MR) is 124 cm³/mol. The maximum Gasteiger partial charge on any atom is 0.243 e. The first-order chi connectivity index (χ1) is 15.5. The quantitative estimate of drug-likeness (QED) is 0.448. The van der Waals surface area contributed by atoms with Crippen LogP contribution in [0.5, 0.6) is 0 Å². The number of pyridine rings is 1. The van der Waals surface area contributed by atoms with Gasteiger partial charge >= 0.3 is 0 Å². The smallest absolute Gasteiger partial charge is 0.243 e. The van der Waals surface area contributed by atoms with Gasteiger partial charge in [0.1, 0.15) is 0 Å². The standard InChI is InChI=1S/C25H23N3O3S/c29-25(27-17-24-23-14-8-7-11-21(23)15-16-26-24)19-28(18-20-9-3-1-4-10-20)32(30,31)22-12-5-2-6-13-22/h1-16H,17-19H2,(H,27,29). The molecule has 4 rings (SSSR count). The lowest BCUT2D eigenvalue weighted by atomic mass is 10.1. The molecule has 0 spiro atoms. The van der Waals surface area contributed by atoms with Gasteiger partial charge in [-0.15, -0.1) is 0 Å². The SMILES string of the molecule is O=C(CN(Cc1ccccc1)S(=O)(=O)c1ccccc1)NCc1nccc2ccccc12. The van der Waals surface area contributed by atoms with Gasteiger partial charge in [-0.1, -0.05) is 72.8 Å². The molecule has 0 bridgehead atoms. The van der Waals surface area contributed by atoms with E-state index in [2.05, 4.69) is 10.3 Å². The van der Waals surface area contributed by atoms with Crippen molar-refractivity contribution in [2.24, 2.45) is 0 Å². The Balaban J connectivity index is 1.53. The third-order valence-electron chi connectivity index (χ3n) is 5.11. The van der Waals surface area contributed by atoms with Gasteiger partial charge in [0.05, 0.1) is 23.7 Å². The number of hydrogen-bond acceptors (Lipinski definition) is 4. The maximum atomic E-state index is 13.3. The average Bonchev–Trinajstić information content (AvgIpc) is 2.83. The molecule has 0 saturated heterocycles. The molecule has 1 heterocycles. The van der Waals surface area contributed by atoms with E-state index in [0.717, 1.165) is 22.0 Å². The topological polar surface area (TPSA) is 79.4 Å². The zero-order valence-electron chi connectivity index (χ0n) is 17.4. The van der Waals surface area contributed by atoms with Crippen LogP contribution < -0.4 is 5.32 Å². The van der Waals surface area contributed by atoms with Crippen molar-refractivity contribution in [2.45, 2.75) is 18.0 Å². The molecule has 4 aromatic rings. The second-order valence-corrected chi connectivity index (χ2v) is 9.27. The Kier molecular flexibility index (Phi) is 6.58. The normalized spacial score (nSPS) is 11.5. The zero-order valence-corrected chi connectivity index (χ0v) is 18.2. The number of rotatable bonds is 8. The molecule has 0 saturated carbocycles. The van der Waals surface area contributed by atoms with Crippen molar-refractivity contribution >= 4 is 26.7 Å². The minimum absolute atomic E-state index is 0.0952. The molecule has 0 aliphatic heterocycles. The summed E-state index contributed by atoms with van der Waals surface area (Å²) in [6.07, 6.45) is 1.70. The Hall–Kier alpha value is -3.55. The Bertz CT molecular complexity index is 1300. The molecule has 3 aromatic carbocycles. The second-order valence-electron chi connectivity index (χ2n) is 7.33. The van der Waals surface area contributed by atoms with E-state index in [1.165, 1.54) is 16.4 Å². The first kappa shape index (κ1) is 21.7. The molecule has 1 N–H and O–H groups in total. The third kappa shape index (κ3) is 5.01. The molecule has 1 amide bonds. The molecular weight excluding hydrogens is 422 g/mol. The summed E-state index contributed by atoms with van der Waals surface area (Å²) in [4.78, 5) is 17.3. The summed E-state index contributed by atoms with van der Waals surface area (Å²) in [5, 5.41) is 4.81. The fourth-order valence-corrected chi connectivity index (χ4v) is 4.88. The fourth-order valence-electron chi connectivity index (χ4n) is 3.48. The predicted octanol–water partition coefficient (Wildman–Crippen LogP) is 3.74. The van der Waals surface area contributed by atoms with Crippen LogP contribution in [-0.4, -0.2) is 30.2 Å². The first-order valence-corrected chi connectivity index (χ1v) is 11.7. The average molecular weight is 446 g/mol. The van der Waals surface area contributed by atoms with E-state index in [0.29, 0.717) is 0 Å². The van der Waals surface area contributed by atoms with Crippen LogP contribution in [0.4, 0.5) is 0 Å². The highest BCUT2D eigenvalue weighted by Gasteiger charge is 2.26. The molecule has 0 aliphatic carbocycles. The van der Waals surface area contributed by atoms with Gasteiger partial charge in [0.2, 0.25) is 15.9 Å². The number of hydrogen-bond donors (Lipinski definition) is 1. The van der Waals surface area contributed by atoms with E-state index < -0.39 is 15.9 Å². The molecule has 0 aliphatic rings. The summed E-state index contributed by atoms with van der Waals surface area (Å²) >= 11 is 0. The van der Waals surface area contributed by atoms with Gasteiger partial charge in [-0.25, -0.2) is 8.42 Å². The zero-order chi connectivity index (χ0) is 22.4. The fraction of sp³-hybridized carbons (Fsp3) is 0.120. The number of nitrogens with one attached hydrogen (secondary N) is 1. The Labute approximate surface area is 187 Å². The monoisotopic (exact) mass is 445 g/mol. The Morgan fingerprint density at radius 3 is 2.25 bits per heavy atom. The second kappa shape index (κ2) is 9.72. The maximum absolute atomic E-state index is 13.3. The number of amides is 1. The number of carbonyl (C=O) groups excluding carboxylic acids is 1. The molecule has 32 heavy (non-hydrogen) atoms. The van der Waals surface area contributed by atoms with Crippen LogP contribution >= 0.6 is 0 Å². The molecular formula is C25H23N3O3S. The van der Waals surface area contributed by atoms with Gasteiger partial charge in [-0.2, -0.15) is 4.31 Å². The van der Waals surface area contributed by atoms with E-state index in [1.807, 2.05) is 60.7 Å². The molecule has 6 nitrogen and oxygen atoms in total. The van der Waals surface area contributed by atoms with Crippen molar-refractivity contribution < 1.29 is 13.2 Å². The van der Waals surface area contributed by atoms with Crippen LogP contribution in [0.1, 0.15) is 11.3 Å². The van der Waals surface area contributed by atoms with Gasteiger partial charge in [-0.05, 0) is 29.1 Å². The van der Waals surface area contributed by atoms with Crippen molar-refractivity contribution in [2.75, 3.05) is 6.54 Å². The van der Waals surface area contributed by atoms with E-state index in [4.69, 9.17) is 0 Å². The molecule has 0 unspecified atom stereocenters. The molecule has 1 aromatic heterocycles. The number of sulfonamides is 1. The van der Waals surface area contributed by atoms with Crippen molar-refractivity contribution in [3.05, 3.63) is 108 Å². The van der Waals surface area contributed by atoms with Crippen molar-refractivity contribution in [1.29, 1.82) is 0 Å². The van der Waals surface area contributed by atoms with Crippen LogP contribution in [0.3, 0.4) is 0 Å². The first-order valence-electron chi connectivity index (χ1n) is 10.2. The Morgan fingerprint density at radius 2 is 1.50 bits per heavy atom. The van der Waals surface area contributed by atoms with E-state index in [1.54, 1.807) is 24.4 Å². The largest absolute Gasteiger partial charge is 0.349 e. The number of nitrogens with zero attached hydrogens (tertiary/aromatic N) is 2. The summed E-state index contributed by atoms with van der Waals surface area (Å²) in [7, 11) is -3.86. The molecule has 162 valence electrons. The summed E-state index contributed by atoms with van der Waals surface area (Å²) in [6, 6.07) is 27.1. The minimum atomic E-state index is -3.86. The van der Waals surface area contributed by atoms with Crippen LogP contribution in [0, 0.1) is 0 Å².